The summed E-state index contributed by atoms with van der Waals surface area (Å²) in [7, 11) is 0. The number of benzene rings is 1. The first-order valence-electron chi connectivity index (χ1n) is 4.77. The Morgan fingerprint density at radius 1 is 1.53 bits per heavy atom. The van der Waals surface area contributed by atoms with E-state index in [0.29, 0.717) is 6.32 Å². The fourth-order valence-corrected chi connectivity index (χ4v) is 1.72. The molecule has 1 rings (SSSR count). The van der Waals surface area contributed by atoms with Gasteiger partial charge >= 0.3 is 0 Å². The van der Waals surface area contributed by atoms with Gasteiger partial charge in [-0.05, 0) is 30.4 Å². The number of hydrogen-bond acceptors (Lipinski definition) is 3. The summed E-state index contributed by atoms with van der Waals surface area (Å²) < 4.78 is 3.14. The third-order valence-electron chi connectivity index (χ3n) is 1.83. The van der Waals surface area contributed by atoms with Crippen molar-refractivity contribution in [1.82, 2.24) is 4.72 Å². The van der Waals surface area contributed by atoms with E-state index in [9.17, 15) is 0 Å². The lowest BCUT2D eigenvalue weighted by Gasteiger charge is -2.07. The molecule has 0 saturated heterocycles. The van der Waals surface area contributed by atoms with Crippen LogP contribution in [0.3, 0.4) is 0 Å². The summed E-state index contributed by atoms with van der Waals surface area (Å²) in [5.74, 6) is 2.18. The second kappa shape index (κ2) is 6.21. The summed E-state index contributed by atoms with van der Waals surface area (Å²) in [6.07, 6.45) is 0.691. The number of nitrogens with one attached hydrogen (secondary N) is 1. The molecule has 0 aliphatic rings. The fourth-order valence-electron chi connectivity index (χ4n) is 1.08. The molecule has 0 atom stereocenters. The molecule has 0 bridgehead atoms. The maximum absolute atomic E-state index is 8.64. The number of nitrogens with zero attached hydrogens (tertiary/aromatic N) is 1. The first kappa shape index (κ1) is 11.7. The van der Waals surface area contributed by atoms with E-state index in [-0.39, 0.29) is 6.71 Å². The molecule has 0 fully saturated rings. The van der Waals surface area contributed by atoms with Gasteiger partial charge in [0.1, 0.15) is 0 Å². The monoisotopic (exact) mass is 216 g/mol. The second-order valence-corrected chi connectivity index (χ2v) is 4.23. The SMILES string of the molecule is C=C(CB(C)C#N)NSc1ccccc1. The van der Waals surface area contributed by atoms with E-state index in [4.69, 9.17) is 5.26 Å². The Labute approximate surface area is 95.6 Å². The Hall–Kier alpha value is -1.34. The van der Waals surface area contributed by atoms with Crippen molar-refractivity contribution in [1.29, 1.82) is 5.26 Å². The molecular weight excluding hydrogens is 203 g/mol. The van der Waals surface area contributed by atoms with Crippen LogP contribution in [0.2, 0.25) is 13.1 Å². The van der Waals surface area contributed by atoms with Crippen molar-refractivity contribution in [3.63, 3.8) is 0 Å². The van der Waals surface area contributed by atoms with Crippen molar-refractivity contribution in [3.8, 4) is 5.97 Å². The number of rotatable bonds is 5. The largest absolute Gasteiger partial charge is 0.331 e. The molecule has 4 heteroatoms. The highest BCUT2D eigenvalue weighted by Gasteiger charge is 2.07. The van der Waals surface area contributed by atoms with Crippen molar-refractivity contribution in [2.45, 2.75) is 18.0 Å². The minimum atomic E-state index is 0.0152. The Kier molecular flexibility index (Phi) is 4.86. The molecule has 0 saturated carbocycles. The van der Waals surface area contributed by atoms with Gasteiger partial charge in [0.15, 0.2) is 0 Å². The van der Waals surface area contributed by atoms with Gasteiger partial charge in [0.2, 0.25) is 0 Å². The highest BCUT2D eigenvalue weighted by Crippen LogP contribution is 2.15. The van der Waals surface area contributed by atoms with Gasteiger partial charge in [0, 0.05) is 16.6 Å². The highest BCUT2D eigenvalue weighted by atomic mass is 32.2. The van der Waals surface area contributed by atoms with E-state index in [1.165, 1.54) is 11.9 Å². The normalized spacial score (nSPS) is 9.07. The molecule has 0 amide bonds. The lowest BCUT2D eigenvalue weighted by molar-refractivity contribution is 1.19. The summed E-state index contributed by atoms with van der Waals surface area (Å²) in [6.45, 7) is 5.78. The molecular formula is C11H13BN2S. The van der Waals surface area contributed by atoms with Crippen LogP contribution in [0, 0.1) is 11.2 Å². The van der Waals surface area contributed by atoms with Gasteiger partial charge < -0.3 is 4.72 Å². The topological polar surface area (TPSA) is 35.8 Å². The van der Waals surface area contributed by atoms with Crippen molar-refractivity contribution < 1.29 is 0 Å². The van der Waals surface area contributed by atoms with E-state index in [1.807, 2.05) is 37.2 Å². The average molecular weight is 216 g/mol. The van der Waals surface area contributed by atoms with Crippen molar-refractivity contribution in [3.05, 3.63) is 42.6 Å². The van der Waals surface area contributed by atoms with E-state index < -0.39 is 0 Å². The molecule has 0 aromatic heterocycles. The molecule has 1 aromatic carbocycles. The summed E-state index contributed by atoms with van der Waals surface area (Å²) >= 11 is 1.52. The van der Waals surface area contributed by atoms with Crippen LogP contribution in [-0.4, -0.2) is 6.71 Å². The second-order valence-electron chi connectivity index (χ2n) is 3.36. The van der Waals surface area contributed by atoms with E-state index in [0.717, 1.165) is 10.6 Å². The lowest BCUT2D eigenvalue weighted by Crippen LogP contribution is -2.11. The van der Waals surface area contributed by atoms with Gasteiger partial charge in [-0.1, -0.05) is 31.6 Å². The highest BCUT2D eigenvalue weighted by molar-refractivity contribution is 7.97. The minimum Gasteiger partial charge on any atom is -0.331 e. The molecule has 1 N–H and O–H groups in total. The van der Waals surface area contributed by atoms with E-state index >= 15 is 0 Å². The van der Waals surface area contributed by atoms with Gasteiger partial charge in [-0.2, -0.15) is 0 Å². The summed E-state index contributed by atoms with van der Waals surface area (Å²) in [4.78, 5) is 1.14. The Morgan fingerprint density at radius 2 is 2.20 bits per heavy atom. The maximum atomic E-state index is 8.64. The maximum Gasteiger partial charge on any atom is 0.270 e. The van der Waals surface area contributed by atoms with Gasteiger partial charge in [-0.25, -0.2) is 5.26 Å². The van der Waals surface area contributed by atoms with E-state index in [1.54, 1.807) is 0 Å². The van der Waals surface area contributed by atoms with Crippen LogP contribution >= 0.6 is 11.9 Å². The Balaban J connectivity index is 2.32. The Morgan fingerprint density at radius 3 is 2.80 bits per heavy atom. The molecule has 0 aliphatic carbocycles. The fraction of sp³-hybridized carbons (Fsp3) is 0.182. The molecule has 76 valence electrons. The number of nitriles is 1. The van der Waals surface area contributed by atoms with Gasteiger partial charge in [-0.3, -0.25) is 0 Å². The van der Waals surface area contributed by atoms with Gasteiger partial charge in [0.05, 0.1) is 0 Å². The van der Waals surface area contributed by atoms with Crippen molar-refractivity contribution >= 4 is 18.7 Å². The van der Waals surface area contributed by atoms with Crippen LogP contribution in [0.5, 0.6) is 0 Å². The van der Waals surface area contributed by atoms with Crippen LogP contribution in [0.25, 0.3) is 0 Å². The lowest BCUT2D eigenvalue weighted by atomic mass is 9.51. The van der Waals surface area contributed by atoms with Crippen LogP contribution in [0.15, 0.2) is 47.5 Å². The quantitative estimate of drug-likeness (QED) is 0.607. The number of hydrogen-bond donors (Lipinski definition) is 1. The van der Waals surface area contributed by atoms with Crippen LogP contribution in [0.4, 0.5) is 0 Å². The van der Waals surface area contributed by atoms with Crippen LogP contribution in [0.1, 0.15) is 0 Å². The van der Waals surface area contributed by atoms with E-state index in [2.05, 4.69) is 17.3 Å². The molecule has 1 aromatic rings. The predicted octanol–water partition coefficient (Wildman–Crippen LogP) is 2.98. The smallest absolute Gasteiger partial charge is 0.270 e. The van der Waals surface area contributed by atoms with Crippen molar-refractivity contribution in [2.75, 3.05) is 0 Å². The standard InChI is InChI=1S/C11H13BN2S/c1-10(8-12(2)9-13)14-15-11-6-4-3-5-7-11/h3-7,14H,1,8H2,2H3. The summed E-state index contributed by atoms with van der Waals surface area (Å²) in [6, 6.07) is 10.0. The predicted molar refractivity (Wildman–Crippen MR) is 66.6 cm³/mol. The molecule has 0 spiro atoms. The minimum absolute atomic E-state index is 0.0152. The third kappa shape index (κ3) is 4.62. The molecule has 0 radical (unpaired) electrons. The summed E-state index contributed by atoms with van der Waals surface area (Å²) in [5.41, 5.74) is 0.887. The third-order valence-corrected chi connectivity index (χ3v) is 2.73. The molecule has 2 nitrogen and oxygen atoms in total. The zero-order valence-electron chi connectivity index (χ0n) is 8.73. The van der Waals surface area contributed by atoms with Crippen LogP contribution < -0.4 is 4.72 Å². The molecule has 0 unspecified atom stereocenters. The average Bonchev–Trinajstić information content (AvgIpc) is 2.27. The molecule has 0 heterocycles. The first-order valence-corrected chi connectivity index (χ1v) is 5.59. The molecule has 0 aliphatic heterocycles. The van der Waals surface area contributed by atoms with Gasteiger partial charge in [0.25, 0.3) is 6.71 Å². The van der Waals surface area contributed by atoms with Gasteiger partial charge in [-0.15, -0.1) is 0 Å². The van der Waals surface area contributed by atoms with Crippen LogP contribution in [-0.2, 0) is 0 Å². The molecule has 15 heavy (non-hydrogen) atoms. The number of allylic oxidation sites excluding steroid dienone is 1. The zero-order valence-corrected chi connectivity index (χ0v) is 9.55. The Bertz CT molecular complexity index is 359. The first-order chi connectivity index (χ1) is 7.22. The zero-order chi connectivity index (χ0) is 11.1. The summed E-state index contributed by atoms with van der Waals surface area (Å²) in [5, 5.41) is 8.64. The van der Waals surface area contributed by atoms with Crippen molar-refractivity contribution in [2.24, 2.45) is 0 Å².